The average Bonchev–Trinajstić information content (AvgIpc) is 2.37. The summed E-state index contributed by atoms with van der Waals surface area (Å²) in [6.07, 6.45) is -7.09. The van der Waals surface area contributed by atoms with Gasteiger partial charge in [0.15, 0.2) is 0 Å². The number of hydrogen-bond donors (Lipinski definition) is 5. The Balaban J connectivity index is 2.56. The highest BCUT2D eigenvalue weighted by Crippen LogP contribution is 2.22. The van der Waals surface area contributed by atoms with Gasteiger partial charge >= 0.3 is 5.97 Å². The van der Waals surface area contributed by atoms with E-state index in [1.54, 1.807) is 0 Å². The minimum atomic E-state index is -1.60. The molecule has 0 aromatic heterocycles. The third-order valence-corrected chi connectivity index (χ3v) is 2.64. The van der Waals surface area contributed by atoms with Gasteiger partial charge in [-0.25, -0.2) is 0 Å². The molecule has 1 aliphatic heterocycles. The van der Waals surface area contributed by atoms with Gasteiger partial charge in [0.25, 0.3) is 0 Å². The first kappa shape index (κ1) is 15.3. The van der Waals surface area contributed by atoms with E-state index in [0.717, 1.165) is 0 Å². The maximum absolute atomic E-state index is 11.3. The first-order valence-electron chi connectivity index (χ1n) is 5.62. The SMILES string of the molecule is O=C(CCCO)O[C@@H]1O[C@H](CO)[C@@H](O)[C@H](O)[C@H]1O. The molecule has 0 saturated carbocycles. The molecule has 1 fully saturated rings. The first-order chi connectivity index (χ1) is 8.51. The van der Waals surface area contributed by atoms with Gasteiger partial charge in [-0.3, -0.25) is 4.79 Å². The highest BCUT2D eigenvalue weighted by atomic mass is 16.7. The van der Waals surface area contributed by atoms with Crippen LogP contribution >= 0.6 is 0 Å². The van der Waals surface area contributed by atoms with E-state index >= 15 is 0 Å². The highest BCUT2D eigenvalue weighted by molar-refractivity contribution is 5.69. The molecule has 18 heavy (non-hydrogen) atoms. The molecule has 0 aliphatic carbocycles. The predicted molar refractivity (Wildman–Crippen MR) is 56.2 cm³/mol. The van der Waals surface area contributed by atoms with Crippen LogP contribution < -0.4 is 0 Å². The summed E-state index contributed by atoms with van der Waals surface area (Å²) in [6, 6.07) is 0. The van der Waals surface area contributed by atoms with Gasteiger partial charge in [-0.1, -0.05) is 0 Å². The number of carbonyl (C=O) groups is 1. The second kappa shape index (κ2) is 6.98. The van der Waals surface area contributed by atoms with Crippen molar-refractivity contribution in [3.8, 4) is 0 Å². The van der Waals surface area contributed by atoms with E-state index in [4.69, 9.17) is 19.7 Å². The van der Waals surface area contributed by atoms with Gasteiger partial charge < -0.3 is 35.0 Å². The van der Waals surface area contributed by atoms with Crippen molar-refractivity contribution in [1.82, 2.24) is 0 Å². The van der Waals surface area contributed by atoms with E-state index in [0.29, 0.717) is 0 Å². The molecule has 1 rings (SSSR count). The molecule has 0 aromatic rings. The van der Waals surface area contributed by atoms with Crippen LogP contribution in [0.3, 0.4) is 0 Å². The molecule has 0 amide bonds. The molecule has 8 heteroatoms. The highest BCUT2D eigenvalue weighted by Gasteiger charge is 2.45. The molecule has 0 bridgehead atoms. The Labute approximate surface area is 103 Å². The lowest BCUT2D eigenvalue weighted by Crippen LogP contribution is -2.59. The molecule has 0 aromatic carbocycles. The van der Waals surface area contributed by atoms with Gasteiger partial charge in [-0.05, 0) is 6.42 Å². The maximum Gasteiger partial charge on any atom is 0.308 e. The number of rotatable bonds is 5. The van der Waals surface area contributed by atoms with Crippen LogP contribution in [0.1, 0.15) is 12.8 Å². The fourth-order valence-electron chi connectivity index (χ4n) is 1.58. The molecule has 1 saturated heterocycles. The Bertz CT molecular complexity index is 269. The minimum Gasteiger partial charge on any atom is -0.433 e. The van der Waals surface area contributed by atoms with Crippen LogP contribution in [0, 0.1) is 0 Å². The monoisotopic (exact) mass is 266 g/mol. The summed E-state index contributed by atoms with van der Waals surface area (Å²) in [5.41, 5.74) is 0. The second-order valence-electron chi connectivity index (χ2n) is 4.01. The zero-order valence-corrected chi connectivity index (χ0v) is 9.68. The van der Waals surface area contributed by atoms with Gasteiger partial charge in [0.2, 0.25) is 6.29 Å². The standard InChI is InChI=1S/C10H18O8/c11-3-1-2-6(13)18-10-9(16)8(15)7(14)5(4-12)17-10/h5,7-12,14-16H,1-4H2/t5-,7-,8+,9-,10+/m1/s1. The van der Waals surface area contributed by atoms with Crippen molar-refractivity contribution in [3.63, 3.8) is 0 Å². The second-order valence-corrected chi connectivity index (χ2v) is 4.01. The summed E-state index contributed by atoms with van der Waals surface area (Å²) in [5.74, 6) is -0.714. The van der Waals surface area contributed by atoms with E-state index in [9.17, 15) is 20.1 Å². The molecular formula is C10H18O8. The summed E-state index contributed by atoms with van der Waals surface area (Å²) in [6.45, 7) is -0.764. The van der Waals surface area contributed by atoms with Crippen molar-refractivity contribution < 1.29 is 39.8 Å². The smallest absolute Gasteiger partial charge is 0.308 e. The Hall–Kier alpha value is -0.770. The first-order valence-corrected chi connectivity index (χ1v) is 5.62. The molecule has 1 aliphatic rings. The molecule has 5 atom stereocenters. The van der Waals surface area contributed by atoms with Gasteiger partial charge in [0.1, 0.15) is 24.4 Å². The van der Waals surface area contributed by atoms with Gasteiger partial charge in [0, 0.05) is 13.0 Å². The Morgan fingerprint density at radius 3 is 2.33 bits per heavy atom. The van der Waals surface area contributed by atoms with E-state index < -0.39 is 43.3 Å². The molecule has 5 N–H and O–H groups in total. The van der Waals surface area contributed by atoms with E-state index in [1.807, 2.05) is 0 Å². The molecule has 8 nitrogen and oxygen atoms in total. The third-order valence-electron chi connectivity index (χ3n) is 2.64. The van der Waals surface area contributed by atoms with Crippen LogP contribution in [0.2, 0.25) is 0 Å². The van der Waals surface area contributed by atoms with E-state index in [1.165, 1.54) is 0 Å². The lowest BCUT2D eigenvalue weighted by Gasteiger charge is -2.39. The van der Waals surface area contributed by atoms with Crippen LogP contribution in [0.5, 0.6) is 0 Å². The summed E-state index contributed by atoms with van der Waals surface area (Å²) in [7, 11) is 0. The van der Waals surface area contributed by atoms with Crippen molar-refractivity contribution in [3.05, 3.63) is 0 Å². The molecule has 0 spiro atoms. The van der Waals surface area contributed by atoms with Crippen molar-refractivity contribution in [2.45, 2.75) is 43.5 Å². The average molecular weight is 266 g/mol. The molecular weight excluding hydrogens is 248 g/mol. The molecule has 1 heterocycles. The van der Waals surface area contributed by atoms with E-state index in [-0.39, 0.29) is 19.4 Å². The van der Waals surface area contributed by atoms with Gasteiger partial charge in [0.05, 0.1) is 6.61 Å². The molecule has 0 radical (unpaired) electrons. The zero-order chi connectivity index (χ0) is 13.7. The van der Waals surface area contributed by atoms with Crippen molar-refractivity contribution >= 4 is 5.97 Å². The third kappa shape index (κ3) is 3.61. The van der Waals surface area contributed by atoms with Gasteiger partial charge in [-0.2, -0.15) is 0 Å². The number of ether oxygens (including phenoxy) is 2. The van der Waals surface area contributed by atoms with Crippen LogP contribution in [0.15, 0.2) is 0 Å². The van der Waals surface area contributed by atoms with Crippen molar-refractivity contribution in [2.24, 2.45) is 0 Å². The largest absolute Gasteiger partial charge is 0.433 e. The Kier molecular flexibility index (Phi) is 5.93. The maximum atomic E-state index is 11.3. The van der Waals surface area contributed by atoms with Crippen LogP contribution in [0.25, 0.3) is 0 Å². The minimum absolute atomic E-state index is 0.0640. The quantitative estimate of drug-likeness (QED) is 0.334. The predicted octanol–water partition coefficient (Wildman–Crippen LogP) is -2.90. The number of hydrogen-bond acceptors (Lipinski definition) is 8. The number of aliphatic hydroxyl groups is 5. The van der Waals surface area contributed by atoms with E-state index in [2.05, 4.69) is 0 Å². The Morgan fingerprint density at radius 2 is 1.78 bits per heavy atom. The zero-order valence-electron chi connectivity index (χ0n) is 9.68. The topological polar surface area (TPSA) is 137 Å². The number of aliphatic hydroxyl groups excluding tert-OH is 5. The Morgan fingerprint density at radius 1 is 1.11 bits per heavy atom. The summed E-state index contributed by atoms with van der Waals surface area (Å²) < 4.78 is 9.72. The molecule has 0 unspecified atom stereocenters. The number of carbonyl (C=O) groups excluding carboxylic acids is 1. The van der Waals surface area contributed by atoms with Crippen molar-refractivity contribution in [2.75, 3.05) is 13.2 Å². The van der Waals surface area contributed by atoms with Crippen LogP contribution in [-0.2, 0) is 14.3 Å². The summed E-state index contributed by atoms with van der Waals surface area (Å²) in [4.78, 5) is 11.3. The van der Waals surface area contributed by atoms with Crippen molar-refractivity contribution in [1.29, 1.82) is 0 Å². The van der Waals surface area contributed by atoms with Crippen LogP contribution in [-0.4, -0.2) is 75.4 Å². The fourth-order valence-corrected chi connectivity index (χ4v) is 1.58. The number of esters is 1. The summed E-state index contributed by atoms with van der Waals surface area (Å²) >= 11 is 0. The normalized spacial score (nSPS) is 36.4. The molecule has 106 valence electrons. The van der Waals surface area contributed by atoms with Crippen LogP contribution in [0.4, 0.5) is 0 Å². The fraction of sp³-hybridized carbons (Fsp3) is 0.900. The lowest BCUT2D eigenvalue weighted by atomic mass is 9.99. The van der Waals surface area contributed by atoms with Gasteiger partial charge in [-0.15, -0.1) is 0 Å². The summed E-state index contributed by atoms with van der Waals surface area (Å²) in [5, 5.41) is 45.9. The lowest BCUT2D eigenvalue weighted by molar-refractivity contribution is -0.292.